The number of phenolic OH excluding ortho intramolecular Hbond substituents is 1. The number of thioether (sulfide) groups is 2. The van der Waals surface area contributed by atoms with Crippen molar-refractivity contribution in [3.05, 3.63) is 71.8 Å². The Bertz CT molecular complexity index is 1350. The lowest BCUT2D eigenvalue weighted by Gasteiger charge is -2.21. The van der Waals surface area contributed by atoms with E-state index < -0.39 is 0 Å². The number of aromatic hydroxyl groups is 1. The number of carbonyl (C=O) groups is 1. The molecule has 4 rings (SSSR count). The fourth-order valence-electron chi connectivity index (χ4n) is 3.63. The van der Waals surface area contributed by atoms with Crippen LogP contribution in [0, 0.1) is 0 Å². The van der Waals surface area contributed by atoms with Crippen molar-refractivity contribution in [1.82, 2.24) is 15.6 Å². The number of rotatable bonds is 11. The summed E-state index contributed by atoms with van der Waals surface area (Å²) in [7, 11) is 0. The van der Waals surface area contributed by atoms with Crippen molar-refractivity contribution in [2.45, 2.75) is 28.3 Å². The van der Waals surface area contributed by atoms with Crippen LogP contribution in [-0.4, -0.2) is 46.3 Å². The smallest absolute Gasteiger partial charge is 0.250 e. The number of hydrogen-bond donors (Lipinski definition) is 2. The molecule has 0 atom stereocenters. The molecule has 0 fully saturated rings. The van der Waals surface area contributed by atoms with E-state index in [9.17, 15) is 9.90 Å². The molecule has 0 aliphatic heterocycles. The van der Waals surface area contributed by atoms with Crippen LogP contribution < -0.4 is 10.3 Å². The minimum absolute atomic E-state index is 0.120. The lowest BCUT2D eigenvalue weighted by atomic mass is 10.1. The van der Waals surface area contributed by atoms with Crippen LogP contribution in [0.1, 0.15) is 25.0 Å². The monoisotopic (exact) mass is 537 g/mol. The molecule has 186 valence electrons. The molecule has 0 unspecified atom stereocenters. The van der Waals surface area contributed by atoms with Gasteiger partial charge in [-0.05, 0) is 42.3 Å². The van der Waals surface area contributed by atoms with E-state index in [1.165, 1.54) is 45.6 Å². The number of hydrogen-bond acceptors (Lipinski definition) is 9. The highest BCUT2D eigenvalue weighted by molar-refractivity contribution is 8.03. The van der Waals surface area contributed by atoms with Gasteiger partial charge in [-0.1, -0.05) is 77.3 Å². The van der Waals surface area contributed by atoms with E-state index in [2.05, 4.69) is 75.9 Å². The van der Waals surface area contributed by atoms with Gasteiger partial charge in [-0.15, -0.1) is 10.2 Å². The first kappa shape index (κ1) is 26.0. The number of hydrazone groups is 1. The molecular weight excluding hydrogens is 511 g/mol. The van der Waals surface area contributed by atoms with E-state index in [1.54, 1.807) is 23.9 Å². The molecule has 36 heavy (non-hydrogen) atoms. The summed E-state index contributed by atoms with van der Waals surface area (Å²) >= 11 is 4.44. The fraction of sp³-hybridized carbons (Fsp3) is 0.231. The summed E-state index contributed by atoms with van der Waals surface area (Å²) in [4.78, 5) is 14.3. The van der Waals surface area contributed by atoms with Gasteiger partial charge in [0, 0.05) is 36.2 Å². The van der Waals surface area contributed by atoms with Crippen LogP contribution in [0.4, 0.5) is 5.69 Å². The molecule has 1 heterocycles. The summed E-state index contributed by atoms with van der Waals surface area (Å²) < 4.78 is 1.60. The normalized spacial score (nSPS) is 11.3. The molecule has 0 bridgehead atoms. The number of nitrogens with zero attached hydrogens (tertiary/aromatic N) is 4. The van der Waals surface area contributed by atoms with Crippen LogP contribution >= 0.6 is 34.9 Å². The quantitative estimate of drug-likeness (QED) is 0.142. The first-order valence-corrected chi connectivity index (χ1v) is 14.3. The van der Waals surface area contributed by atoms with Gasteiger partial charge in [0.2, 0.25) is 0 Å². The van der Waals surface area contributed by atoms with E-state index in [0.29, 0.717) is 5.56 Å². The van der Waals surface area contributed by atoms with Gasteiger partial charge in [-0.3, -0.25) is 4.79 Å². The van der Waals surface area contributed by atoms with Crippen molar-refractivity contribution < 1.29 is 9.90 Å². The highest BCUT2D eigenvalue weighted by Gasteiger charge is 2.10. The number of anilines is 1. The highest BCUT2D eigenvalue weighted by Crippen LogP contribution is 2.32. The Morgan fingerprint density at radius 1 is 1.06 bits per heavy atom. The molecule has 0 radical (unpaired) electrons. The summed E-state index contributed by atoms with van der Waals surface area (Å²) in [6.07, 6.45) is 1.44. The molecule has 0 aliphatic carbocycles. The standard InChI is InChI=1S/C26H27N5O2S3/c1-3-31(4-2)21-13-12-19(23(32)14-21)15-27-28-24(33)17-35-26-30-29-25(36-26)34-16-20-10-7-9-18-8-5-6-11-22(18)20/h5-15,32H,3-4,16-17H2,1-2H3,(H,28,33)/b27-15-. The summed E-state index contributed by atoms with van der Waals surface area (Å²) in [5, 5.41) is 25.2. The fourth-order valence-corrected chi connectivity index (χ4v) is 6.45. The van der Waals surface area contributed by atoms with E-state index in [4.69, 9.17) is 0 Å². The summed E-state index contributed by atoms with van der Waals surface area (Å²) in [6, 6.07) is 20.1. The Morgan fingerprint density at radius 2 is 1.81 bits per heavy atom. The second-order valence-electron chi connectivity index (χ2n) is 7.76. The Labute approximate surface area is 223 Å². The second kappa shape index (κ2) is 12.8. The molecule has 4 aromatic rings. The van der Waals surface area contributed by atoms with Crippen LogP contribution in [0.5, 0.6) is 5.75 Å². The van der Waals surface area contributed by atoms with Crippen LogP contribution in [0.15, 0.2) is 74.4 Å². The van der Waals surface area contributed by atoms with E-state index >= 15 is 0 Å². The molecule has 10 heteroatoms. The minimum Gasteiger partial charge on any atom is -0.507 e. The van der Waals surface area contributed by atoms with Gasteiger partial charge >= 0.3 is 0 Å². The molecule has 1 amide bonds. The average Bonchev–Trinajstić information content (AvgIpc) is 3.36. The number of aromatic nitrogens is 2. The zero-order valence-electron chi connectivity index (χ0n) is 20.0. The van der Waals surface area contributed by atoms with Crippen molar-refractivity contribution in [2.75, 3.05) is 23.7 Å². The van der Waals surface area contributed by atoms with Gasteiger partial charge in [0.1, 0.15) is 5.75 Å². The molecule has 0 aliphatic rings. The predicted molar refractivity (Wildman–Crippen MR) is 152 cm³/mol. The first-order valence-electron chi connectivity index (χ1n) is 11.5. The lowest BCUT2D eigenvalue weighted by Crippen LogP contribution is -2.21. The number of nitrogens with one attached hydrogen (secondary N) is 1. The number of fused-ring (bicyclic) bond motifs is 1. The van der Waals surface area contributed by atoms with Crippen molar-refractivity contribution in [2.24, 2.45) is 5.10 Å². The summed E-state index contributed by atoms with van der Waals surface area (Å²) in [6.45, 7) is 5.85. The number of benzene rings is 3. The zero-order valence-corrected chi connectivity index (χ0v) is 22.5. The molecule has 7 nitrogen and oxygen atoms in total. The van der Waals surface area contributed by atoms with Crippen molar-refractivity contribution >= 4 is 63.4 Å². The van der Waals surface area contributed by atoms with Gasteiger partial charge in [0.15, 0.2) is 8.68 Å². The Hall–Kier alpha value is -3.08. The molecule has 1 aromatic heterocycles. The second-order valence-corrected chi connectivity index (χ2v) is 11.2. The van der Waals surface area contributed by atoms with Crippen molar-refractivity contribution in [3.8, 4) is 5.75 Å². The molecular formula is C26H27N5O2S3. The number of phenols is 1. The molecule has 0 saturated heterocycles. The number of carbonyl (C=O) groups excluding carboxylic acids is 1. The predicted octanol–water partition coefficient (Wildman–Crippen LogP) is 5.78. The van der Waals surface area contributed by atoms with Crippen molar-refractivity contribution in [3.63, 3.8) is 0 Å². The lowest BCUT2D eigenvalue weighted by molar-refractivity contribution is -0.118. The van der Waals surface area contributed by atoms with Crippen LogP contribution in [0.25, 0.3) is 10.8 Å². The SMILES string of the molecule is CCN(CC)c1ccc(/C=N\NC(=O)CSc2nnc(SCc3cccc4ccccc34)s2)c(O)c1. The highest BCUT2D eigenvalue weighted by atomic mass is 32.2. The number of amides is 1. The Kier molecular flexibility index (Phi) is 9.21. The maximum Gasteiger partial charge on any atom is 0.250 e. The minimum atomic E-state index is -0.254. The molecule has 3 aromatic carbocycles. The Morgan fingerprint density at radius 3 is 2.58 bits per heavy atom. The third-order valence-corrected chi connectivity index (χ3v) is 8.72. The van der Waals surface area contributed by atoms with E-state index in [0.717, 1.165) is 33.2 Å². The molecule has 2 N–H and O–H groups in total. The van der Waals surface area contributed by atoms with Gasteiger partial charge < -0.3 is 10.0 Å². The van der Waals surface area contributed by atoms with Gasteiger partial charge in [-0.25, -0.2) is 5.43 Å². The van der Waals surface area contributed by atoms with Crippen LogP contribution in [0.3, 0.4) is 0 Å². The van der Waals surface area contributed by atoms with E-state index in [-0.39, 0.29) is 17.4 Å². The first-order chi connectivity index (χ1) is 17.6. The topological polar surface area (TPSA) is 90.7 Å². The summed E-state index contributed by atoms with van der Waals surface area (Å²) in [5.74, 6) is 0.843. The largest absolute Gasteiger partial charge is 0.507 e. The van der Waals surface area contributed by atoms with Crippen molar-refractivity contribution in [1.29, 1.82) is 0 Å². The third kappa shape index (κ3) is 6.77. The Balaban J connectivity index is 1.24. The summed E-state index contributed by atoms with van der Waals surface area (Å²) in [5.41, 5.74) is 5.24. The van der Waals surface area contributed by atoms with Gasteiger partial charge in [-0.2, -0.15) is 5.10 Å². The maximum absolute atomic E-state index is 12.2. The zero-order chi connectivity index (χ0) is 25.3. The van der Waals surface area contributed by atoms with Crippen LogP contribution in [0.2, 0.25) is 0 Å². The van der Waals surface area contributed by atoms with E-state index in [1.807, 2.05) is 12.1 Å². The van der Waals surface area contributed by atoms with Gasteiger partial charge in [0.05, 0.1) is 12.0 Å². The third-order valence-electron chi connectivity index (χ3n) is 5.48. The van der Waals surface area contributed by atoms with Crippen LogP contribution in [-0.2, 0) is 10.5 Å². The average molecular weight is 538 g/mol. The molecule has 0 spiro atoms. The maximum atomic E-state index is 12.2. The van der Waals surface area contributed by atoms with Gasteiger partial charge in [0.25, 0.3) is 5.91 Å². The molecule has 0 saturated carbocycles.